The normalized spacial score (nSPS) is 15.2. The highest BCUT2D eigenvalue weighted by Crippen LogP contribution is 2.18. The van der Waals surface area contributed by atoms with Gasteiger partial charge in [0.1, 0.15) is 0 Å². The van der Waals surface area contributed by atoms with E-state index >= 15 is 0 Å². The summed E-state index contributed by atoms with van der Waals surface area (Å²) in [5.41, 5.74) is 1.26. The first kappa shape index (κ1) is 12.7. The maximum Gasteiger partial charge on any atom is 0.0682 e. The summed E-state index contributed by atoms with van der Waals surface area (Å²) in [6.07, 6.45) is 9.94. The van der Waals surface area contributed by atoms with Crippen LogP contribution in [0, 0.1) is 0 Å². The zero-order valence-corrected chi connectivity index (χ0v) is 11.5. The number of rotatable bonds is 8. The van der Waals surface area contributed by atoms with Crippen molar-refractivity contribution in [3.63, 3.8) is 0 Å². The second-order valence-corrected chi connectivity index (χ2v) is 5.57. The van der Waals surface area contributed by atoms with E-state index in [-0.39, 0.29) is 0 Å². The van der Waals surface area contributed by atoms with Gasteiger partial charge in [-0.15, -0.1) is 0 Å². The van der Waals surface area contributed by atoms with Crippen molar-refractivity contribution >= 4 is 10.9 Å². The molecule has 0 aliphatic heterocycles. The molecule has 1 aliphatic rings. The molecule has 102 valence electrons. The van der Waals surface area contributed by atoms with Gasteiger partial charge in [0, 0.05) is 18.0 Å². The Morgan fingerprint density at radius 1 is 1.11 bits per heavy atom. The van der Waals surface area contributed by atoms with E-state index in [0.717, 1.165) is 12.6 Å². The zero-order chi connectivity index (χ0) is 12.9. The SMILES string of the molecule is c1ccc2c(c1)cnn2CCCCCCNC1CC1. The zero-order valence-electron chi connectivity index (χ0n) is 11.5. The molecular formula is C16H23N3. The Balaban J connectivity index is 1.35. The average molecular weight is 257 g/mol. The van der Waals surface area contributed by atoms with Gasteiger partial charge in [0.15, 0.2) is 0 Å². The van der Waals surface area contributed by atoms with Crippen LogP contribution in [0.25, 0.3) is 10.9 Å². The Labute approximate surface area is 115 Å². The number of aryl methyl sites for hydroxylation is 1. The fraction of sp³-hybridized carbons (Fsp3) is 0.562. The summed E-state index contributed by atoms with van der Waals surface area (Å²) < 4.78 is 2.14. The lowest BCUT2D eigenvalue weighted by Crippen LogP contribution is -2.17. The van der Waals surface area contributed by atoms with Crippen LogP contribution in [0.3, 0.4) is 0 Å². The summed E-state index contributed by atoms with van der Waals surface area (Å²) in [6, 6.07) is 9.30. The molecule has 1 saturated carbocycles. The molecule has 3 nitrogen and oxygen atoms in total. The highest BCUT2D eigenvalue weighted by molar-refractivity contribution is 5.78. The number of nitrogens with one attached hydrogen (secondary N) is 1. The number of fused-ring (bicyclic) bond motifs is 1. The van der Waals surface area contributed by atoms with E-state index in [4.69, 9.17) is 0 Å². The quantitative estimate of drug-likeness (QED) is 0.735. The fourth-order valence-corrected chi connectivity index (χ4v) is 2.54. The topological polar surface area (TPSA) is 29.9 Å². The molecule has 19 heavy (non-hydrogen) atoms. The summed E-state index contributed by atoms with van der Waals surface area (Å²) in [5.74, 6) is 0. The fourth-order valence-electron chi connectivity index (χ4n) is 2.54. The standard InChI is InChI=1S/C16H23N3/c1(5-11-17-15-9-10-15)2-6-12-19-16-8-4-3-7-14(16)13-18-19/h3-4,7-8,13,15,17H,1-2,5-6,9-12H2. The van der Waals surface area contributed by atoms with Crippen LogP contribution in [0.4, 0.5) is 0 Å². The summed E-state index contributed by atoms with van der Waals surface area (Å²) >= 11 is 0. The Hall–Kier alpha value is -1.35. The second-order valence-electron chi connectivity index (χ2n) is 5.57. The van der Waals surface area contributed by atoms with E-state index in [1.54, 1.807) is 0 Å². The minimum atomic E-state index is 0.857. The Morgan fingerprint density at radius 2 is 1.95 bits per heavy atom. The lowest BCUT2D eigenvalue weighted by molar-refractivity contribution is 0.533. The van der Waals surface area contributed by atoms with Gasteiger partial charge in [-0.1, -0.05) is 31.0 Å². The van der Waals surface area contributed by atoms with Gasteiger partial charge in [-0.05, 0) is 38.3 Å². The number of unbranched alkanes of at least 4 members (excludes halogenated alkanes) is 3. The van der Waals surface area contributed by atoms with E-state index in [0.29, 0.717) is 0 Å². The highest BCUT2D eigenvalue weighted by Gasteiger charge is 2.19. The molecule has 3 rings (SSSR count). The third-order valence-electron chi connectivity index (χ3n) is 3.86. The Kier molecular flexibility index (Phi) is 4.13. The van der Waals surface area contributed by atoms with E-state index in [2.05, 4.69) is 39.4 Å². The minimum Gasteiger partial charge on any atom is -0.314 e. The van der Waals surface area contributed by atoms with Gasteiger partial charge in [0.25, 0.3) is 0 Å². The largest absolute Gasteiger partial charge is 0.314 e. The molecule has 0 amide bonds. The molecule has 1 aromatic carbocycles. The number of hydrogen-bond donors (Lipinski definition) is 1. The molecular weight excluding hydrogens is 234 g/mol. The monoisotopic (exact) mass is 257 g/mol. The van der Waals surface area contributed by atoms with Gasteiger partial charge in [-0.2, -0.15) is 5.10 Å². The van der Waals surface area contributed by atoms with Gasteiger partial charge >= 0.3 is 0 Å². The third kappa shape index (κ3) is 3.57. The minimum absolute atomic E-state index is 0.857. The van der Waals surface area contributed by atoms with Crippen molar-refractivity contribution in [3.8, 4) is 0 Å². The summed E-state index contributed by atoms with van der Waals surface area (Å²) in [5, 5.41) is 9.28. The van der Waals surface area contributed by atoms with Crippen LogP contribution >= 0.6 is 0 Å². The van der Waals surface area contributed by atoms with Crippen molar-refractivity contribution in [2.24, 2.45) is 0 Å². The molecule has 0 bridgehead atoms. The van der Waals surface area contributed by atoms with E-state index in [1.807, 2.05) is 6.20 Å². The van der Waals surface area contributed by atoms with E-state index in [1.165, 1.54) is 56.0 Å². The van der Waals surface area contributed by atoms with Crippen LogP contribution in [0.1, 0.15) is 38.5 Å². The van der Waals surface area contributed by atoms with Crippen LogP contribution in [0.5, 0.6) is 0 Å². The number of aromatic nitrogens is 2. The van der Waals surface area contributed by atoms with Crippen LogP contribution < -0.4 is 5.32 Å². The molecule has 0 radical (unpaired) electrons. The van der Waals surface area contributed by atoms with Crippen molar-refractivity contribution in [3.05, 3.63) is 30.5 Å². The Bertz CT molecular complexity index is 513. The van der Waals surface area contributed by atoms with E-state index in [9.17, 15) is 0 Å². The maximum atomic E-state index is 4.47. The molecule has 1 fully saturated rings. The lowest BCUT2D eigenvalue weighted by Gasteiger charge is -2.04. The van der Waals surface area contributed by atoms with Crippen LogP contribution in [-0.2, 0) is 6.54 Å². The second kappa shape index (κ2) is 6.20. The predicted octanol–water partition coefficient (Wildman–Crippen LogP) is 3.35. The Morgan fingerprint density at radius 3 is 2.84 bits per heavy atom. The number of para-hydroxylation sites is 1. The molecule has 0 saturated heterocycles. The van der Waals surface area contributed by atoms with Crippen molar-refractivity contribution in [2.75, 3.05) is 6.54 Å². The molecule has 2 aromatic rings. The van der Waals surface area contributed by atoms with Crippen LogP contribution in [0.2, 0.25) is 0 Å². The molecule has 1 aromatic heterocycles. The van der Waals surface area contributed by atoms with Gasteiger partial charge in [-0.25, -0.2) is 0 Å². The predicted molar refractivity (Wildman–Crippen MR) is 79.2 cm³/mol. The number of nitrogens with zero attached hydrogens (tertiary/aromatic N) is 2. The first-order chi connectivity index (χ1) is 9.43. The van der Waals surface area contributed by atoms with Crippen LogP contribution in [-0.4, -0.2) is 22.4 Å². The molecule has 0 atom stereocenters. The van der Waals surface area contributed by atoms with Gasteiger partial charge in [0.2, 0.25) is 0 Å². The molecule has 1 N–H and O–H groups in total. The first-order valence-corrected chi connectivity index (χ1v) is 7.57. The van der Waals surface area contributed by atoms with Crippen molar-refractivity contribution in [1.29, 1.82) is 0 Å². The average Bonchev–Trinajstić information content (AvgIpc) is 3.18. The number of hydrogen-bond acceptors (Lipinski definition) is 2. The van der Waals surface area contributed by atoms with Gasteiger partial charge in [-0.3, -0.25) is 4.68 Å². The highest BCUT2D eigenvalue weighted by atomic mass is 15.3. The maximum absolute atomic E-state index is 4.47. The smallest absolute Gasteiger partial charge is 0.0682 e. The molecule has 1 aliphatic carbocycles. The summed E-state index contributed by atoms with van der Waals surface area (Å²) in [4.78, 5) is 0. The van der Waals surface area contributed by atoms with Gasteiger partial charge < -0.3 is 5.32 Å². The lowest BCUT2D eigenvalue weighted by atomic mass is 10.2. The first-order valence-electron chi connectivity index (χ1n) is 7.57. The summed E-state index contributed by atoms with van der Waals surface area (Å²) in [6.45, 7) is 2.25. The van der Waals surface area contributed by atoms with Crippen molar-refractivity contribution < 1.29 is 0 Å². The summed E-state index contributed by atoms with van der Waals surface area (Å²) in [7, 11) is 0. The van der Waals surface area contributed by atoms with Crippen molar-refractivity contribution in [2.45, 2.75) is 51.1 Å². The van der Waals surface area contributed by atoms with Crippen LogP contribution in [0.15, 0.2) is 30.5 Å². The molecule has 0 unspecified atom stereocenters. The van der Waals surface area contributed by atoms with Crippen molar-refractivity contribution in [1.82, 2.24) is 15.1 Å². The molecule has 1 heterocycles. The molecule has 0 spiro atoms. The number of benzene rings is 1. The third-order valence-corrected chi connectivity index (χ3v) is 3.86. The van der Waals surface area contributed by atoms with E-state index < -0.39 is 0 Å². The molecule has 3 heteroatoms. The van der Waals surface area contributed by atoms with Gasteiger partial charge in [0.05, 0.1) is 11.7 Å².